The van der Waals surface area contributed by atoms with Gasteiger partial charge in [-0.3, -0.25) is 9.78 Å². The van der Waals surface area contributed by atoms with Crippen LogP contribution in [0.1, 0.15) is 0 Å². The number of carbonyl (C=O) groups excluding carboxylic acids is 1. The van der Waals surface area contributed by atoms with Gasteiger partial charge >= 0.3 is 0 Å². The minimum Gasteiger partial charge on any atom is -0.484 e. The number of ether oxygens (including phenoxy) is 1. The van der Waals surface area contributed by atoms with E-state index in [4.69, 9.17) is 4.74 Å². The van der Waals surface area contributed by atoms with E-state index in [0.717, 1.165) is 4.47 Å². The highest BCUT2D eigenvalue weighted by Gasteiger charge is 2.03. The van der Waals surface area contributed by atoms with E-state index in [0.29, 0.717) is 11.4 Å². The van der Waals surface area contributed by atoms with E-state index in [-0.39, 0.29) is 12.5 Å². The summed E-state index contributed by atoms with van der Waals surface area (Å²) in [6, 6.07) is 10.8. The molecular formula is C13H11BrN2O2. The lowest BCUT2D eigenvalue weighted by molar-refractivity contribution is -0.118. The van der Waals surface area contributed by atoms with E-state index in [2.05, 4.69) is 26.2 Å². The third-order valence-electron chi connectivity index (χ3n) is 2.13. The lowest BCUT2D eigenvalue weighted by atomic mass is 10.3. The molecule has 92 valence electrons. The van der Waals surface area contributed by atoms with Crippen LogP contribution in [-0.4, -0.2) is 17.5 Å². The number of anilines is 1. The fourth-order valence-electron chi connectivity index (χ4n) is 1.34. The number of nitrogens with zero attached hydrogens (tertiary/aromatic N) is 1. The van der Waals surface area contributed by atoms with E-state index >= 15 is 0 Å². The van der Waals surface area contributed by atoms with Crippen molar-refractivity contribution >= 4 is 27.5 Å². The second-order valence-electron chi connectivity index (χ2n) is 3.53. The van der Waals surface area contributed by atoms with Gasteiger partial charge in [-0.15, -0.1) is 0 Å². The third-order valence-corrected chi connectivity index (χ3v) is 2.62. The first-order chi connectivity index (χ1) is 8.74. The summed E-state index contributed by atoms with van der Waals surface area (Å²) in [5.74, 6) is 0.440. The van der Waals surface area contributed by atoms with E-state index in [1.165, 1.54) is 0 Å². The average Bonchev–Trinajstić information content (AvgIpc) is 2.38. The van der Waals surface area contributed by atoms with E-state index < -0.39 is 0 Å². The van der Waals surface area contributed by atoms with Crippen molar-refractivity contribution in [1.82, 2.24) is 4.98 Å². The largest absolute Gasteiger partial charge is 0.484 e. The van der Waals surface area contributed by atoms with Crippen molar-refractivity contribution in [2.45, 2.75) is 0 Å². The Morgan fingerprint density at radius 3 is 2.78 bits per heavy atom. The Morgan fingerprint density at radius 1 is 1.28 bits per heavy atom. The topological polar surface area (TPSA) is 51.2 Å². The molecular weight excluding hydrogens is 296 g/mol. The van der Waals surface area contributed by atoms with E-state index in [9.17, 15) is 4.79 Å². The van der Waals surface area contributed by atoms with Crippen molar-refractivity contribution in [3.8, 4) is 5.75 Å². The van der Waals surface area contributed by atoms with Crippen LogP contribution in [0.25, 0.3) is 0 Å². The lowest BCUT2D eigenvalue weighted by Crippen LogP contribution is -2.20. The van der Waals surface area contributed by atoms with Gasteiger partial charge in [0.25, 0.3) is 5.91 Å². The summed E-state index contributed by atoms with van der Waals surface area (Å²) in [5, 5.41) is 2.71. The average molecular weight is 307 g/mol. The van der Waals surface area contributed by atoms with Crippen LogP contribution >= 0.6 is 15.9 Å². The summed E-state index contributed by atoms with van der Waals surface area (Å²) >= 11 is 3.34. The Morgan fingerprint density at radius 2 is 2.06 bits per heavy atom. The van der Waals surface area contributed by atoms with Gasteiger partial charge < -0.3 is 10.1 Å². The molecule has 0 aliphatic rings. The predicted octanol–water partition coefficient (Wildman–Crippen LogP) is 2.86. The molecule has 1 aromatic heterocycles. The number of amides is 1. The molecule has 0 saturated carbocycles. The van der Waals surface area contributed by atoms with Crippen molar-refractivity contribution < 1.29 is 9.53 Å². The van der Waals surface area contributed by atoms with Gasteiger partial charge in [-0.05, 0) is 30.3 Å². The summed E-state index contributed by atoms with van der Waals surface area (Å²) in [7, 11) is 0. The number of carbonyl (C=O) groups is 1. The van der Waals surface area contributed by atoms with Crippen LogP contribution in [-0.2, 0) is 4.79 Å². The van der Waals surface area contributed by atoms with Gasteiger partial charge in [-0.2, -0.15) is 0 Å². The van der Waals surface area contributed by atoms with Crippen LogP contribution in [0.4, 0.5) is 5.69 Å². The SMILES string of the molecule is O=C(COc1cccc(Br)c1)Nc1ccncc1. The second kappa shape index (κ2) is 6.16. The minimum absolute atomic E-state index is 0.0290. The number of benzene rings is 1. The highest BCUT2D eigenvalue weighted by atomic mass is 79.9. The van der Waals surface area contributed by atoms with Crippen LogP contribution in [0.2, 0.25) is 0 Å². The fraction of sp³-hybridized carbons (Fsp3) is 0.0769. The number of halogens is 1. The van der Waals surface area contributed by atoms with Crippen molar-refractivity contribution in [3.05, 3.63) is 53.3 Å². The Labute approximate surface area is 113 Å². The summed E-state index contributed by atoms with van der Waals surface area (Å²) in [5.41, 5.74) is 0.702. The van der Waals surface area contributed by atoms with Gasteiger partial charge in [0.05, 0.1) is 0 Å². The number of aromatic nitrogens is 1. The number of nitrogens with one attached hydrogen (secondary N) is 1. The maximum Gasteiger partial charge on any atom is 0.262 e. The molecule has 0 radical (unpaired) electrons. The number of hydrogen-bond donors (Lipinski definition) is 1. The fourth-order valence-corrected chi connectivity index (χ4v) is 1.72. The normalized spacial score (nSPS) is 9.83. The number of hydrogen-bond acceptors (Lipinski definition) is 3. The van der Waals surface area contributed by atoms with Crippen LogP contribution in [0.3, 0.4) is 0 Å². The summed E-state index contributed by atoms with van der Waals surface area (Å²) < 4.78 is 6.27. The molecule has 0 saturated heterocycles. The molecule has 5 heteroatoms. The van der Waals surface area contributed by atoms with Gasteiger partial charge in [-0.1, -0.05) is 22.0 Å². The number of rotatable bonds is 4. The standard InChI is InChI=1S/C13H11BrN2O2/c14-10-2-1-3-12(8-10)18-9-13(17)16-11-4-6-15-7-5-11/h1-8H,9H2,(H,15,16,17). The first-order valence-corrected chi connectivity index (χ1v) is 6.11. The molecule has 0 bridgehead atoms. The summed E-state index contributed by atoms with van der Waals surface area (Å²) in [4.78, 5) is 15.5. The molecule has 4 nitrogen and oxygen atoms in total. The highest BCUT2D eigenvalue weighted by molar-refractivity contribution is 9.10. The molecule has 0 aliphatic carbocycles. The predicted molar refractivity (Wildman–Crippen MR) is 72.5 cm³/mol. The van der Waals surface area contributed by atoms with Gasteiger partial charge in [-0.25, -0.2) is 0 Å². The summed E-state index contributed by atoms with van der Waals surface area (Å²) in [6.45, 7) is -0.0290. The highest BCUT2D eigenvalue weighted by Crippen LogP contribution is 2.17. The quantitative estimate of drug-likeness (QED) is 0.945. The molecule has 18 heavy (non-hydrogen) atoms. The molecule has 2 rings (SSSR count). The minimum atomic E-state index is -0.207. The van der Waals surface area contributed by atoms with Crippen LogP contribution < -0.4 is 10.1 Å². The van der Waals surface area contributed by atoms with Crippen molar-refractivity contribution in [1.29, 1.82) is 0 Å². The van der Waals surface area contributed by atoms with Crippen molar-refractivity contribution in [3.63, 3.8) is 0 Å². The Bertz CT molecular complexity index is 532. The van der Waals surface area contributed by atoms with Crippen LogP contribution in [0.15, 0.2) is 53.3 Å². The van der Waals surface area contributed by atoms with Gasteiger partial charge in [0.2, 0.25) is 0 Å². The monoisotopic (exact) mass is 306 g/mol. The smallest absolute Gasteiger partial charge is 0.262 e. The van der Waals surface area contributed by atoms with Gasteiger partial charge in [0.1, 0.15) is 5.75 Å². The Hall–Kier alpha value is -1.88. The molecule has 2 aromatic rings. The first kappa shape index (κ1) is 12.6. The molecule has 0 spiro atoms. The molecule has 0 fully saturated rings. The molecule has 0 aliphatic heterocycles. The molecule has 1 amide bonds. The Kier molecular flexibility index (Phi) is 4.30. The summed E-state index contributed by atoms with van der Waals surface area (Å²) in [6.07, 6.45) is 3.23. The number of pyridine rings is 1. The zero-order valence-corrected chi connectivity index (χ0v) is 11.1. The molecule has 0 unspecified atom stereocenters. The van der Waals surface area contributed by atoms with Crippen molar-refractivity contribution in [2.75, 3.05) is 11.9 Å². The molecule has 1 heterocycles. The maximum absolute atomic E-state index is 11.6. The zero-order chi connectivity index (χ0) is 12.8. The molecule has 1 N–H and O–H groups in total. The lowest BCUT2D eigenvalue weighted by Gasteiger charge is -2.07. The van der Waals surface area contributed by atoms with E-state index in [1.807, 2.05) is 12.1 Å². The zero-order valence-electron chi connectivity index (χ0n) is 9.47. The third kappa shape index (κ3) is 3.85. The molecule has 1 aromatic carbocycles. The molecule has 0 atom stereocenters. The van der Waals surface area contributed by atoms with E-state index in [1.54, 1.807) is 36.7 Å². The van der Waals surface area contributed by atoms with Gasteiger partial charge in [0, 0.05) is 22.6 Å². The maximum atomic E-state index is 11.6. The van der Waals surface area contributed by atoms with Crippen molar-refractivity contribution in [2.24, 2.45) is 0 Å². The van der Waals surface area contributed by atoms with Crippen LogP contribution in [0, 0.1) is 0 Å². The van der Waals surface area contributed by atoms with Crippen LogP contribution in [0.5, 0.6) is 5.75 Å². The first-order valence-electron chi connectivity index (χ1n) is 5.32. The van der Waals surface area contributed by atoms with Gasteiger partial charge in [0.15, 0.2) is 6.61 Å². The second-order valence-corrected chi connectivity index (χ2v) is 4.45. The Balaban J connectivity index is 1.85.